The van der Waals surface area contributed by atoms with Crippen LogP contribution in [0.15, 0.2) is 30.3 Å². The lowest BCUT2D eigenvalue weighted by Gasteiger charge is -2.19. The molecule has 0 fully saturated rings. The lowest BCUT2D eigenvalue weighted by molar-refractivity contribution is 0.490. The van der Waals surface area contributed by atoms with E-state index in [1.165, 1.54) is 11.3 Å². The van der Waals surface area contributed by atoms with E-state index in [4.69, 9.17) is 11.6 Å². The van der Waals surface area contributed by atoms with E-state index in [-0.39, 0.29) is 6.04 Å². The molecule has 2 aromatic rings. The Labute approximate surface area is 126 Å². The van der Waals surface area contributed by atoms with Crippen molar-refractivity contribution in [3.05, 3.63) is 52.3 Å². The van der Waals surface area contributed by atoms with Gasteiger partial charge in [0.25, 0.3) is 0 Å². The van der Waals surface area contributed by atoms with Crippen LogP contribution in [-0.4, -0.2) is 16.3 Å². The predicted molar refractivity (Wildman–Crippen MR) is 84.2 cm³/mol. The first-order valence-corrected chi connectivity index (χ1v) is 7.54. The molecule has 0 radical (unpaired) electrons. The maximum atomic E-state index is 6.28. The van der Waals surface area contributed by atoms with Gasteiger partial charge in [0, 0.05) is 11.6 Å². The van der Waals surface area contributed by atoms with Gasteiger partial charge in [-0.2, -0.15) is 5.10 Å². The van der Waals surface area contributed by atoms with E-state index in [0.717, 1.165) is 30.2 Å². The van der Waals surface area contributed by atoms with Crippen molar-refractivity contribution >= 4 is 11.6 Å². The molecule has 0 saturated carbocycles. The highest BCUT2D eigenvalue weighted by Crippen LogP contribution is 2.24. The Morgan fingerprint density at radius 3 is 2.70 bits per heavy atom. The summed E-state index contributed by atoms with van der Waals surface area (Å²) in [6.07, 6.45) is 0.874. The van der Waals surface area contributed by atoms with Crippen molar-refractivity contribution in [1.29, 1.82) is 0 Å². The van der Waals surface area contributed by atoms with Crippen LogP contribution in [0.3, 0.4) is 0 Å². The molecule has 1 unspecified atom stereocenters. The molecule has 0 bridgehead atoms. The van der Waals surface area contributed by atoms with Crippen molar-refractivity contribution < 1.29 is 0 Å². The first-order valence-electron chi connectivity index (χ1n) is 7.16. The van der Waals surface area contributed by atoms with Crippen LogP contribution in [0.5, 0.6) is 0 Å². The van der Waals surface area contributed by atoms with Crippen LogP contribution < -0.4 is 5.32 Å². The molecule has 0 aliphatic rings. The third kappa shape index (κ3) is 3.41. The summed E-state index contributed by atoms with van der Waals surface area (Å²) in [5, 5.41) is 8.91. The SMILES string of the molecule is CCNC(Cc1ccccc1Cl)c1cc(C)nn1CC. The number of rotatable bonds is 6. The highest BCUT2D eigenvalue weighted by atomic mass is 35.5. The molecule has 0 saturated heterocycles. The van der Waals surface area contributed by atoms with E-state index in [1.54, 1.807) is 0 Å². The zero-order valence-electron chi connectivity index (χ0n) is 12.4. The van der Waals surface area contributed by atoms with Crippen molar-refractivity contribution in [2.45, 2.75) is 39.8 Å². The smallest absolute Gasteiger partial charge is 0.0597 e. The molecule has 3 nitrogen and oxygen atoms in total. The number of aromatic nitrogens is 2. The predicted octanol–water partition coefficient (Wildman–Crippen LogP) is 3.76. The topological polar surface area (TPSA) is 29.9 Å². The van der Waals surface area contributed by atoms with Crippen LogP contribution in [0.4, 0.5) is 0 Å². The number of benzene rings is 1. The molecule has 1 atom stereocenters. The average molecular weight is 292 g/mol. The molecule has 2 rings (SSSR count). The van der Waals surface area contributed by atoms with Gasteiger partial charge in [-0.05, 0) is 44.5 Å². The highest BCUT2D eigenvalue weighted by Gasteiger charge is 2.17. The van der Waals surface area contributed by atoms with E-state index in [9.17, 15) is 0 Å². The minimum atomic E-state index is 0.237. The zero-order valence-corrected chi connectivity index (χ0v) is 13.1. The lowest BCUT2D eigenvalue weighted by atomic mass is 10.0. The Balaban J connectivity index is 2.29. The fraction of sp³-hybridized carbons (Fsp3) is 0.438. The molecule has 1 N–H and O–H groups in total. The van der Waals surface area contributed by atoms with E-state index >= 15 is 0 Å². The van der Waals surface area contributed by atoms with Gasteiger partial charge in [0.15, 0.2) is 0 Å². The van der Waals surface area contributed by atoms with E-state index in [2.05, 4.69) is 41.1 Å². The van der Waals surface area contributed by atoms with Crippen LogP contribution >= 0.6 is 11.6 Å². The second-order valence-electron chi connectivity index (χ2n) is 4.93. The van der Waals surface area contributed by atoms with Gasteiger partial charge in [-0.1, -0.05) is 36.7 Å². The lowest BCUT2D eigenvalue weighted by Crippen LogP contribution is -2.25. The minimum absolute atomic E-state index is 0.237. The maximum Gasteiger partial charge on any atom is 0.0597 e. The van der Waals surface area contributed by atoms with Gasteiger partial charge in [0.05, 0.1) is 17.4 Å². The summed E-state index contributed by atoms with van der Waals surface area (Å²) < 4.78 is 2.07. The number of hydrogen-bond acceptors (Lipinski definition) is 2. The molecule has 0 aliphatic carbocycles. The Kier molecular flexibility index (Phi) is 5.21. The van der Waals surface area contributed by atoms with Gasteiger partial charge >= 0.3 is 0 Å². The molecule has 108 valence electrons. The molecular weight excluding hydrogens is 270 g/mol. The number of likely N-dealkylation sites (N-methyl/N-ethyl adjacent to an activating group) is 1. The summed E-state index contributed by atoms with van der Waals surface area (Å²) in [4.78, 5) is 0. The zero-order chi connectivity index (χ0) is 14.5. The third-order valence-corrected chi connectivity index (χ3v) is 3.79. The number of aryl methyl sites for hydroxylation is 2. The summed E-state index contributed by atoms with van der Waals surface area (Å²) in [6.45, 7) is 8.08. The van der Waals surface area contributed by atoms with Crippen LogP contribution in [0.2, 0.25) is 5.02 Å². The summed E-state index contributed by atoms with van der Waals surface area (Å²) in [5.74, 6) is 0. The Bertz CT molecular complexity index is 563. The quantitative estimate of drug-likeness (QED) is 0.878. The number of nitrogens with one attached hydrogen (secondary N) is 1. The van der Waals surface area contributed by atoms with Crippen molar-refractivity contribution in [2.75, 3.05) is 6.54 Å². The average Bonchev–Trinajstić information content (AvgIpc) is 2.82. The van der Waals surface area contributed by atoms with Gasteiger partial charge in [-0.25, -0.2) is 0 Å². The molecule has 1 aromatic heterocycles. The number of nitrogens with zero attached hydrogens (tertiary/aromatic N) is 2. The summed E-state index contributed by atoms with van der Waals surface area (Å²) >= 11 is 6.28. The van der Waals surface area contributed by atoms with E-state index in [1.807, 2.05) is 25.1 Å². The van der Waals surface area contributed by atoms with Crippen LogP contribution in [-0.2, 0) is 13.0 Å². The summed E-state index contributed by atoms with van der Waals surface area (Å²) in [5.41, 5.74) is 3.46. The first kappa shape index (κ1) is 15.1. The molecule has 1 aromatic carbocycles. The van der Waals surface area contributed by atoms with Crippen molar-refractivity contribution in [3.8, 4) is 0 Å². The second-order valence-corrected chi connectivity index (χ2v) is 5.34. The standard InChI is InChI=1S/C16H22ClN3/c1-4-18-15(11-13-8-6-7-9-14(13)17)16-10-12(3)19-20(16)5-2/h6-10,15,18H,4-5,11H2,1-3H3. The van der Waals surface area contributed by atoms with Gasteiger partial charge in [0.2, 0.25) is 0 Å². The summed E-state index contributed by atoms with van der Waals surface area (Å²) in [7, 11) is 0. The normalized spacial score (nSPS) is 12.6. The molecule has 20 heavy (non-hydrogen) atoms. The molecule has 0 spiro atoms. The number of hydrogen-bond donors (Lipinski definition) is 1. The van der Waals surface area contributed by atoms with Crippen LogP contribution in [0.1, 0.15) is 36.8 Å². The molecule has 0 aliphatic heterocycles. The van der Waals surface area contributed by atoms with Crippen LogP contribution in [0, 0.1) is 6.92 Å². The Hall–Kier alpha value is -1.32. The molecule has 4 heteroatoms. The fourth-order valence-electron chi connectivity index (χ4n) is 2.51. The van der Waals surface area contributed by atoms with E-state index in [0.29, 0.717) is 0 Å². The minimum Gasteiger partial charge on any atom is -0.309 e. The monoisotopic (exact) mass is 291 g/mol. The second kappa shape index (κ2) is 6.91. The fourth-order valence-corrected chi connectivity index (χ4v) is 2.72. The van der Waals surface area contributed by atoms with Crippen molar-refractivity contribution in [2.24, 2.45) is 0 Å². The van der Waals surface area contributed by atoms with Crippen LogP contribution in [0.25, 0.3) is 0 Å². The molecule has 1 heterocycles. The van der Waals surface area contributed by atoms with Gasteiger partial charge in [-0.15, -0.1) is 0 Å². The van der Waals surface area contributed by atoms with Crippen molar-refractivity contribution in [3.63, 3.8) is 0 Å². The number of halogens is 1. The molecule has 0 amide bonds. The van der Waals surface area contributed by atoms with Gasteiger partial charge in [-0.3, -0.25) is 4.68 Å². The molecular formula is C16H22ClN3. The Morgan fingerprint density at radius 1 is 1.30 bits per heavy atom. The van der Waals surface area contributed by atoms with Gasteiger partial charge < -0.3 is 5.32 Å². The Morgan fingerprint density at radius 2 is 2.05 bits per heavy atom. The summed E-state index contributed by atoms with van der Waals surface area (Å²) in [6, 6.07) is 10.4. The third-order valence-electron chi connectivity index (χ3n) is 3.42. The largest absolute Gasteiger partial charge is 0.309 e. The highest BCUT2D eigenvalue weighted by molar-refractivity contribution is 6.31. The van der Waals surface area contributed by atoms with Gasteiger partial charge in [0.1, 0.15) is 0 Å². The maximum absolute atomic E-state index is 6.28. The first-order chi connectivity index (χ1) is 9.65. The van der Waals surface area contributed by atoms with Crippen molar-refractivity contribution in [1.82, 2.24) is 15.1 Å². The van der Waals surface area contributed by atoms with E-state index < -0.39 is 0 Å².